The number of carbonyl (C=O) groups excluding carboxylic acids is 1. The normalized spacial score (nSPS) is 14.4. The molecule has 0 aliphatic carbocycles. The standard InChI is InChI=1S/C30H30N2O5/c1-4-34-22-9-6-8-21(16-22)30(33)36-24-11-12-25-27(17-24)37-29(32)26(18-31)28(25)20-7-5-10-23(15-20)35-14-13-19(2)3/h5-12,15-17,19,28H,4,13-14,32H2,1-3H3. The number of nitrogens with zero attached hydrogens (tertiary/aromatic N) is 1. The van der Waals surface area contributed by atoms with Crippen molar-refractivity contribution in [1.29, 1.82) is 5.26 Å². The molecule has 2 N–H and O–H groups in total. The number of allylic oxidation sites excluding steroid dienone is 1. The van der Waals surface area contributed by atoms with Crippen LogP contribution in [-0.2, 0) is 0 Å². The van der Waals surface area contributed by atoms with E-state index in [9.17, 15) is 10.1 Å². The number of hydrogen-bond donors (Lipinski definition) is 1. The first-order chi connectivity index (χ1) is 17.9. The number of ether oxygens (including phenoxy) is 4. The highest BCUT2D eigenvalue weighted by Crippen LogP contribution is 2.44. The first kappa shape index (κ1) is 25.6. The summed E-state index contributed by atoms with van der Waals surface area (Å²) in [7, 11) is 0. The zero-order chi connectivity index (χ0) is 26.4. The van der Waals surface area contributed by atoms with Crippen LogP contribution in [0.3, 0.4) is 0 Å². The van der Waals surface area contributed by atoms with Gasteiger partial charge in [-0.05, 0) is 61.2 Å². The fourth-order valence-electron chi connectivity index (χ4n) is 4.08. The molecule has 7 heteroatoms. The molecular weight excluding hydrogens is 468 g/mol. The lowest BCUT2D eigenvalue weighted by atomic mass is 9.83. The largest absolute Gasteiger partial charge is 0.494 e. The second-order valence-electron chi connectivity index (χ2n) is 9.08. The first-order valence-electron chi connectivity index (χ1n) is 12.3. The lowest BCUT2D eigenvalue weighted by molar-refractivity contribution is 0.0734. The molecule has 7 nitrogen and oxygen atoms in total. The molecule has 0 spiro atoms. The Balaban J connectivity index is 1.60. The van der Waals surface area contributed by atoms with Gasteiger partial charge in [-0.1, -0.05) is 38.1 Å². The van der Waals surface area contributed by atoms with Crippen molar-refractivity contribution in [2.45, 2.75) is 33.1 Å². The van der Waals surface area contributed by atoms with Crippen molar-refractivity contribution < 1.29 is 23.7 Å². The smallest absolute Gasteiger partial charge is 0.343 e. The molecule has 190 valence electrons. The third kappa shape index (κ3) is 6.04. The van der Waals surface area contributed by atoms with Crippen LogP contribution in [0, 0.1) is 17.2 Å². The summed E-state index contributed by atoms with van der Waals surface area (Å²) in [6.45, 7) is 7.27. The Hall–Kier alpha value is -4.44. The molecule has 0 bridgehead atoms. The number of fused-ring (bicyclic) bond motifs is 1. The van der Waals surface area contributed by atoms with E-state index in [0.29, 0.717) is 47.5 Å². The minimum absolute atomic E-state index is 0.0130. The zero-order valence-corrected chi connectivity index (χ0v) is 21.2. The Labute approximate surface area is 217 Å². The first-order valence-corrected chi connectivity index (χ1v) is 12.3. The third-order valence-corrected chi connectivity index (χ3v) is 5.94. The van der Waals surface area contributed by atoms with Crippen molar-refractivity contribution in [2.24, 2.45) is 11.7 Å². The molecule has 0 radical (unpaired) electrons. The lowest BCUT2D eigenvalue weighted by Gasteiger charge is -2.27. The van der Waals surface area contributed by atoms with Crippen molar-refractivity contribution >= 4 is 5.97 Å². The van der Waals surface area contributed by atoms with Crippen LogP contribution in [0.2, 0.25) is 0 Å². The van der Waals surface area contributed by atoms with Crippen molar-refractivity contribution in [3.63, 3.8) is 0 Å². The topological polar surface area (TPSA) is 104 Å². The van der Waals surface area contributed by atoms with Crippen molar-refractivity contribution in [3.05, 3.63) is 94.9 Å². The predicted molar refractivity (Wildman–Crippen MR) is 140 cm³/mol. The van der Waals surface area contributed by atoms with E-state index in [4.69, 9.17) is 24.7 Å². The van der Waals surface area contributed by atoms with Gasteiger partial charge >= 0.3 is 5.97 Å². The summed E-state index contributed by atoms with van der Waals surface area (Å²) in [5, 5.41) is 9.87. The molecule has 1 aliphatic heterocycles. The van der Waals surface area contributed by atoms with Gasteiger partial charge in [0, 0.05) is 11.6 Å². The average Bonchev–Trinajstić information content (AvgIpc) is 2.88. The summed E-state index contributed by atoms with van der Waals surface area (Å²) in [6, 6.07) is 21.7. The number of nitriles is 1. The van der Waals surface area contributed by atoms with E-state index in [1.165, 1.54) is 0 Å². The second-order valence-corrected chi connectivity index (χ2v) is 9.08. The molecule has 1 unspecified atom stereocenters. The number of rotatable bonds is 9. The molecule has 1 aliphatic rings. The van der Waals surface area contributed by atoms with Crippen molar-refractivity contribution in [1.82, 2.24) is 0 Å². The van der Waals surface area contributed by atoms with E-state index < -0.39 is 11.9 Å². The summed E-state index contributed by atoms with van der Waals surface area (Å²) in [5.74, 6) is 1.60. The van der Waals surface area contributed by atoms with Gasteiger partial charge in [0.05, 0.1) is 24.7 Å². The summed E-state index contributed by atoms with van der Waals surface area (Å²) in [6.07, 6.45) is 0.943. The summed E-state index contributed by atoms with van der Waals surface area (Å²) < 4.78 is 22.8. The predicted octanol–water partition coefficient (Wildman–Crippen LogP) is 5.95. The maximum atomic E-state index is 12.7. The van der Waals surface area contributed by atoms with E-state index in [2.05, 4.69) is 19.9 Å². The van der Waals surface area contributed by atoms with E-state index in [1.807, 2.05) is 31.2 Å². The Morgan fingerprint density at radius 2 is 1.78 bits per heavy atom. The Kier molecular flexibility index (Phi) is 7.99. The van der Waals surface area contributed by atoms with Gasteiger partial charge in [-0.25, -0.2) is 4.79 Å². The maximum absolute atomic E-state index is 12.7. The SMILES string of the molecule is CCOc1cccc(C(=O)Oc2ccc3c(c2)OC(N)=C(C#N)C3c2cccc(OCCC(C)C)c2)c1. The Bertz CT molecular complexity index is 1360. The Morgan fingerprint density at radius 3 is 2.51 bits per heavy atom. The Morgan fingerprint density at radius 1 is 1.03 bits per heavy atom. The van der Waals surface area contributed by atoms with Gasteiger partial charge in [-0.2, -0.15) is 5.26 Å². The molecule has 37 heavy (non-hydrogen) atoms. The van der Waals surface area contributed by atoms with E-state index in [1.54, 1.807) is 42.5 Å². The van der Waals surface area contributed by atoms with Gasteiger partial charge in [-0.3, -0.25) is 0 Å². The van der Waals surface area contributed by atoms with Crippen LogP contribution in [0.25, 0.3) is 0 Å². The molecule has 0 fully saturated rings. The summed E-state index contributed by atoms with van der Waals surface area (Å²) >= 11 is 0. The molecular formula is C30H30N2O5. The number of nitrogens with two attached hydrogens (primary N) is 1. The minimum Gasteiger partial charge on any atom is -0.494 e. The number of esters is 1. The fourth-order valence-corrected chi connectivity index (χ4v) is 4.08. The van der Waals surface area contributed by atoms with E-state index >= 15 is 0 Å². The van der Waals surface area contributed by atoms with Gasteiger partial charge < -0.3 is 24.7 Å². The number of carbonyl (C=O) groups is 1. The quantitative estimate of drug-likeness (QED) is 0.287. The number of benzene rings is 3. The molecule has 0 aromatic heterocycles. The summed E-state index contributed by atoms with van der Waals surface area (Å²) in [5.41, 5.74) is 8.42. The minimum atomic E-state index is -0.527. The zero-order valence-electron chi connectivity index (χ0n) is 21.2. The molecule has 3 aromatic rings. The average molecular weight is 499 g/mol. The lowest BCUT2D eigenvalue weighted by Crippen LogP contribution is -2.21. The maximum Gasteiger partial charge on any atom is 0.343 e. The van der Waals surface area contributed by atoms with Gasteiger partial charge in [0.2, 0.25) is 5.88 Å². The molecule has 0 amide bonds. The highest BCUT2D eigenvalue weighted by atomic mass is 16.5. The molecule has 4 rings (SSSR count). The highest BCUT2D eigenvalue weighted by Gasteiger charge is 2.31. The molecule has 1 atom stereocenters. The van der Waals surface area contributed by atoms with Crippen LogP contribution in [-0.4, -0.2) is 19.2 Å². The van der Waals surface area contributed by atoms with Crippen molar-refractivity contribution in [3.8, 4) is 29.1 Å². The van der Waals surface area contributed by atoms with Gasteiger partial charge in [0.25, 0.3) is 0 Å². The van der Waals surface area contributed by atoms with Crippen LogP contribution < -0.4 is 24.7 Å². The van der Waals surface area contributed by atoms with Crippen LogP contribution in [0.15, 0.2) is 78.2 Å². The van der Waals surface area contributed by atoms with Gasteiger partial charge in [-0.15, -0.1) is 0 Å². The van der Waals surface area contributed by atoms with Crippen LogP contribution in [0.5, 0.6) is 23.0 Å². The van der Waals surface area contributed by atoms with Gasteiger partial charge in [0.1, 0.15) is 34.6 Å². The molecule has 0 saturated heterocycles. The second kappa shape index (κ2) is 11.5. The number of hydrogen-bond acceptors (Lipinski definition) is 7. The fraction of sp³-hybridized carbons (Fsp3) is 0.267. The van der Waals surface area contributed by atoms with Gasteiger partial charge in [0.15, 0.2) is 0 Å². The van der Waals surface area contributed by atoms with E-state index in [0.717, 1.165) is 23.3 Å². The van der Waals surface area contributed by atoms with E-state index in [-0.39, 0.29) is 5.88 Å². The monoisotopic (exact) mass is 498 g/mol. The highest BCUT2D eigenvalue weighted by molar-refractivity contribution is 5.91. The van der Waals surface area contributed by atoms with Crippen LogP contribution >= 0.6 is 0 Å². The van der Waals surface area contributed by atoms with Crippen LogP contribution in [0.4, 0.5) is 0 Å². The molecule has 0 saturated carbocycles. The van der Waals surface area contributed by atoms with Crippen LogP contribution in [0.1, 0.15) is 54.6 Å². The third-order valence-electron chi connectivity index (χ3n) is 5.94. The molecule has 1 heterocycles. The molecule has 3 aromatic carbocycles. The summed E-state index contributed by atoms with van der Waals surface area (Å²) in [4.78, 5) is 12.7. The van der Waals surface area contributed by atoms with Crippen molar-refractivity contribution in [2.75, 3.05) is 13.2 Å².